The van der Waals surface area contributed by atoms with E-state index in [0.29, 0.717) is 0 Å². The van der Waals surface area contributed by atoms with E-state index < -0.39 is 11.6 Å². The first-order chi connectivity index (χ1) is 7.49. The number of halogens is 2. The number of rotatable bonds is 2. The van der Waals surface area contributed by atoms with E-state index >= 15 is 0 Å². The van der Waals surface area contributed by atoms with Gasteiger partial charge in [-0.2, -0.15) is 4.99 Å². The Balaban J connectivity index is 2.81. The molecule has 0 unspecified atom stereocenters. The molecule has 1 aromatic rings. The lowest BCUT2D eigenvalue weighted by Crippen LogP contribution is -2.26. The fourth-order valence-electron chi connectivity index (χ4n) is 0.998. The van der Waals surface area contributed by atoms with Crippen molar-refractivity contribution in [3.05, 3.63) is 35.4 Å². The topological polar surface area (TPSA) is 103 Å². The van der Waals surface area contributed by atoms with Gasteiger partial charge < -0.3 is 17.2 Å². The quantitative estimate of drug-likeness (QED) is 0.491. The minimum absolute atomic E-state index is 0.0775. The first-order valence-electron chi connectivity index (χ1n) is 4.32. The molecule has 0 saturated carbocycles. The molecule has 0 saturated heterocycles. The number of benzene rings is 1. The van der Waals surface area contributed by atoms with Crippen molar-refractivity contribution < 1.29 is 8.78 Å². The second kappa shape index (κ2) is 5.06. The zero-order valence-corrected chi connectivity index (χ0v) is 8.32. The van der Waals surface area contributed by atoms with Crippen molar-refractivity contribution in [2.75, 3.05) is 0 Å². The van der Waals surface area contributed by atoms with Crippen molar-refractivity contribution in [2.24, 2.45) is 27.2 Å². The zero-order valence-electron chi connectivity index (χ0n) is 8.32. The Kier molecular flexibility index (Phi) is 3.76. The lowest BCUT2D eigenvalue weighted by molar-refractivity contribution is 0.586. The number of aliphatic imine (C=N–C) groups is 2. The third-order valence-electron chi connectivity index (χ3n) is 1.66. The number of nitrogens with two attached hydrogens (primary N) is 3. The monoisotopic (exact) mass is 227 g/mol. The van der Waals surface area contributed by atoms with Crippen LogP contribution < -0.4 is 17.2 Å². The highest BCUT2D eigenvalue weighted by Crippen LogP contribution is 2.10. The van der Waals surface area contributed by atoms with Crippen molar-refractivity contribution >= 4 is 11.9 Å². The van der Waals surface area contributed by atoms with Gasteiger partial charge in [0.15, 0.2) is 5.96 Å². The Morgan fingerprint density at radius 3 is 2.50 bits per heavy atom. The highest BCUT2D eigenvalue weighted by Gasteiger charge is 2.02. The van der Waals surface area contributed by atoms with Gasteiger partial charge >= 0.3 is 0 Å². The molecule has 0 amide bonds. The maximum Gasteiger partial charge on any atom is 0.218 e. The average molecular weight is 227 g/mol. The summed E-state index contributed by atoms with van der Waals surface area (Å²) >= 11 is 0. The molecule has 0 aliphatic rings. The minimum Gasteiger partial charge on any atom is -0.370 e. The van der Waals surface area contributed by atoms with Gasteiger partial charge in [0.2, 0.25) is 5.96 Å². The summed E-state index contributed by atoms with van der Waals surface area (Å²) in [6.45, 7) is -0.133. The summed E-state index contributed by atoms with van der Waals surface area (Å²) in [5.41, 5.74) is 15.5. The maximum absolute atomic E-state index is 13.1. The van der Waals surface area contributed by atoms with Gasteiger partial charge in [-0.15, -0.1) is 0 Å². The van der Waals surface area contributed by atoms with Crippen molar-refractivity contribution in [3.8, 4) is 0 Å². The van der Waals surface area contributed by atoms with Crippen molar-refractivity contribution in [3.63, 3.8) is 0 Å². The van der Waals surface area contributed by atoms with E-state index in [1.54, 1.807) is 0 Å². The summed E-state index contributed by atoms with van der Waals surface area (Å²) in [5, 5.41) is 0. The predicted molar refractivity (Wildman–Crippen MR) is 57.5 cm³/mol. The summed E-state index contributed by atoms with van der Waals surface area (Å²) in [6, 6.07) is 3.06. The van der Waals surface area contributed by atoms with Gasteiger partial charge in [0.05, 0.1) is 6.54 Å². The van der Waals surface area contributed by atoms with E-state index in [2.05, 4.69) is 9.98 Å². The Morgan fingerprint density at radius 1 is 1.19 bits per heavy atom. The van der Waals surface area contributed by atoms with Gasteiger partial charge in [-0.05, 0) is 18.2 Å². The smallest absolute Gasteiger partial charge is 0.218 e. The maximum atomic E-state index is 13.1. The minimum atomic E-state index is -0.567. The van der Waals surface area contributed by atoms with Gasteiger partial charge in [0, 0.05) is 5.56 Å². The highest BCUT2D eigenvalue weighted by atomic mass is 19.1. The molecule has 0 fully saturated rings. The molecule has 0 aromatic heterocycles. The molecule has 0 spiro atoms. The van der Waals surface area contributed by atoms with Crippen LogP contribution in [0.4, 0.5) is 8.78 Å². The van der Waals surface area contributed by atoms with E-state index in [9.17, 15) is 8.78 Å². The van der Waals surface area contributed by atoms with E-state index in [1.807, 2.05) is 0 Å². The van der Waals surface area contributed by atoms with Crippen LogP contribution in [0.3, 0.4) is 0 Å². The molecule has 0 bridgehead atoms. The summed E-state index contributed by atoms with van der Waals surface area (Å²) in [4.78, 5) is 7.11. The normalized spacial score (nSPS) is 11.2. The van der Waals surface area contributed by atoms with Gasteiger partial charge in [0.25, 0.3) is 0 Å². The van der Waals surface area contributed by atoms with Gasteiger partial charge in [-0.25, -0.2) is 13.8 Å². The Bertz CT molecular complexity index is 438. The van der Waals surface area contributed by atoms with Crippen molar-refractivity contribution in [1.82, 2.24) is 0 Å². The molecule has 16 heavy (non-hydrogen) atoms. The Morgan fingerprint density at radius 2 is 1.88 bits per heavy atom. The van der Waals surface area contributed by atoms with Crippen LogP contribution in [0.25, 0.3) is 0 Å². The second-order valence-corrected chi connectivity index (χ2v) is 2.95. The van der Waals surface area contributed by atoms with Crippen LogP contribution in [0.5, 0.6) is 0 Å². The molecule has 0 heterocycles. The predicted octanol–water partition coefficient (Wildman–Crippen LogP) is 0.0529. The molecule has 86 valence electrons. The molecule has 5 nitrogen and oxygen atoms in total. The average Bonchev–Trinajstić information content (AvgIpc) is 2.18. The summed E-state index contributed by atoms with van der Waals surface area (Å²) in [5.74, 6) is -1.56. The molecule has 0 radical (unpaired) electrons. The number of nitrogens with zero attached hydrogens (tertiary/aromatic N) is 2. The van der Waals surface area contributed by atoms with E-state index in [4.69, 9.17) is 17.2 Å². The first-order valence-corrected chi connectivity index (χ1v) is 4.32. The van der Waals surface area contributed by atoms with Crippen LogP contribution in [0.15, 0.2) is 28.2 Å². The van der Waals surface area contributed by atoms with E-state index in [1.165, 1.54) is 0 Å². The zero-order chi connectivity index (χ0) is 12.1. The Labute approximate surface area is 90.7 Å². The third-order valence-corrected chi connectivity index (χ3v) is 1.66. The van der Waals surface area contributed by atoms with Crippen molar-refractivity contribution in [1.29, 1.82) is 0 Å². The number of hydrogen-bond acceptors (Lipinski definition) is 1. The lowest BCUT2D eigenvalue weighted by Gasteiger charge is -2.00. The Hall–Kier alpha value is -2.18. The molecule has 1 rings (SSSR count). The van der Waals surface area contributed by atoms with Gasteiger partial charge in [-0.1, -0.05) is 0 Å². The fourth-order valence-corrected chi connectivity index (χ4v) is 0.998. The summed E-state index contributed by atoms with van der Waals surface area (Å²) in [6.07, 6.45) is 0. The van der Waals surface area contributed by atoms with Crippen LogP contribution >= 0.6 is 0 Å². The van der Waals surface area contributed by atoms with Gasteiger partial charge in [-0.3, -0.25) is 0 Å². The molecule has 1 aromatic carbocycles. The lowest BCUT2D eigenvalue weighted by atomic mass is 10.2. The van der Waals surface area contributed by atoms with Crippen LogP contribution in [-0.4, -0.2) is 11.9 Å². The molecule has 0 aliphatic heterocycles. The summed E-state index contributed by atoms with van der Waals surface area (Å²) < 4.78 is 25.9. The van der Waals surface area contributed by atoms with Crippen LogP contribution in [0.2, 0.25) is 0 Å². The van der Waals surface area contributed by atoms with Gasteiger partial charge in [0.1, 0.15) is 11.6 Å². The van der Waals surface area contributed by atoms with Crippen LogP contribution in [-0.2, 0) is 6.54 Å². The van der Waals surface area contributed by atoms with E-state index in [-0.39, 0.29) is 24.0 Å². The van der Waals surface area contributed by atoms with Crippen molar-refractivity contribution in [2.45, 2.75) is 6.54 Å². The molecule has 0 atom stereocenters. The van der Waals surface area contributed by atoms with Crippen LogP contribution in [0.1, 0.15) is 5.56 Å². The highest BCUT2D eigenvalue weighted by molar-refractivity contribution is 5.92. The molecule has 0 aliphatic carbocycles. The number of hydrogen-bond donors (Lipinski definition) is 3. The molecule has 6 N–H and O–H groups in total. The molecular formula is C9H11F2N5. The third kappa shape index (κ3) is 3.52. The second-order valence-electron chi connectivity index (χ2n) is 2.95. The van der Waals surface area contributed by atoms with E-state index in [0.717, 1.165) is 18.2 Å². The molecule has 7 heteroatoms. The first kappa shape index (κ1) is 11.9. The molecular weight excluding hydrogens is 216 g/mol. The summed E-state index contributed by atoms with van der Waals surface area (Å²) in [7, 11) is 0. The SMILES string of the molecule is NC(N)=NC(N)=NCc1cc(F)ccc1F. The standard InChI is InChI=1S/C9H11F2N5/c10-6-1-2-7(11)5(3-6)4-15-9(14)16-8(12)13/h1-3H,4H2,(H6,12,13,14,15,16). The number of guanidine groups is 2. The largest absolute Gasteiger partial charge is 0.370 e. The van der Waals surface area contributed by atoms with Crippen LogP contribution in [0, 0.1) is 11.6 Å². The fraction of sp³-hybridized carbons (Fsp3) is 0.111.